The molecule has 0 aromatic carbocycles. The number of carboxylic acid groups (broad SMARTS) is 1. The molecular weight excluding hydrogens is 210 g/mol. The number of hydrogen-bond donors (Lipinski definition) is 1. The van der Waals surface area contributed by atoms with Crippen LogP contribution in [-0.4, -0.2) is 28.6 Å². The summed E-state index contributed by atoms with van der Waals surface area (Å²) >= 11 is 0. The van der Waals surface area contributed by atoms with Gasteiger partial charge in [-0.25, -0.2) is 14.6 Å². The first-order valence-electron chi connectivity index (χ1n) is 4.51. The summed E-state index contributed by atoms with van der Waals surface area (Å²) in [5.41, 5.74) is 0.288. The number of hydrogen-bond acceptors (Lipinski definition) is 4. The van der Waals surface area contributed by atoms with Gasteiger partial charge in [-0.1, -0.05) is 0 Å². The number of carboxylic acids is 1. The molecule has 1 aromatic heterocycles. The third-order valence-electron chi connectivity index (χ3n) is 1.57. The highest BCUT2D eigenvalue weighted by atomic mass is 16.5. The van der Waals surface area contributed by atoms with E-state index in [1.54, 1.807) is 6.92 Å². The van der Waals surface area contributed by atoms with E-state index in [0.717, 1.165) is 0 Å². The van der Waals surface area contributed by atoms with Gasteiger partial charge in [-0.2, -0.15) is 0 Å². The van der Waals surface area contributed by atoms with Gasteiger partial charge < -0.3 is 9.84 Å². The van der Waals surface area contributed by atoms with Crippen molar-refractivity contribution in [2.24, 2.45) is 0 Å². The average Bonchev–Trinajstić information content (AvgIpc) is 2.27. The summed E-state index contributed by atoms with van der Waals surface area (Å²) in [4.78, 5) is 25.3. The van der Waals surface area contributed by atoms with Gasteiger partial charge in [0.2, 0.25) is 0 Å². The van der Waals surface area contributed by atoms with Crippen LogP contribution in [0, 0.1) is 11.8 Å². The van der Waals surface area contributed by atoms with Gasteiger partial charge >= 0.3 is 11.9 Å². The fourth-order valence-corrected chi connectivity index (χ4v) is 0.914. The van der Waals surface area contributed by atoms with Gasteiger partial charge in [0, 0.05) is 12.1 Å². The molecule has 16 heavy (non-hydrogen) atoms. The molecule has 0 aliphatic carbocycles. The molecule has 5 nitrogen and oxygen atoms in total. The van der Waals surface area contributed by atoms with E-state index in [0.29, 0.717) is 0 Å². The second-order valence-corrected chi connectivity index (χ2v) is 2.71. The average molecular weight is 219 g/mol. The van der Waals surface area contributed by atoms with E-state index in [1.165, 1.54) is 18.3 Å². The Labute approximate surface area is 92.1 Å². The van der Waals surface area contributed by atoms with Crippen LogP contribution in [0.15, 0.2) is 18.3 Å². The summed E-state index contributed by atoms with van der Waals surface area (Å²) in [7, 11) is 0. The lowest BCUT2D eigenvalue weighted by Gasteiger charge is -1.94. The Morgan fingerprint density at radius 2 is 2.31 bits per heavy atom. The minimum Gasteiger partial charge on any atom is -0.478 e. The molecule has 0 aliphatic heterocycles. The van der Waals surface area contributed by atoms with Crippen LogP contribution in [0.3, 0.4) is 0 Å². The third-order valence-corrected chi connectivity index (χ3v) is 1.57. The van der Waals surface area contributed by atoms with Crippen LogP contribution in [-0.2, 0) is 9.53 Å². The second kappa shape index (κ2) is 5.51. The van der Waals surface area contributed by atoms with Crippen LogP contribution in [0.5, 0.6) is 0 Å². The minimum absolute atomic E-state index is 0.0724. The second-order valence-electron chi connectivity index (χ2n) is 2.71. The van der Waals surface area contributed by atoms with Gasteiger partial charge in [0.05, 0.1) is 12.2 Å². The van der Waals surface area contributed by atoms with Crippen molar-refractivity contribution in [3.63, 3.8) is 0 Å². The summed E-state index contributed by atoms with van der Waals surface area (Å²) < 4.78 is 4.58. The molecule has 0 saturated heterocycles. The van der Waals surface area contributed by atoms with E-state index in [4.69, 9.17) is 5.11 Å². The lowest BCUT2D eigenvalue weighted by Crippen LogP contribution is -2.00. The highest BCUT2D eigenvalue weighted by Gasteiger charge is 2.02. The summed E-state index contributed by atoms with van der Waals surface area (Å²) in [5.74, 6) is 2.89. The van der Waals surface area contributed by atoms with Gasteiger partial charge in [0.15, 0.2) is 0 Å². The van der Waals surface area contributed by atoms with Crippen LogP contribution >= 0.6 is 0 Å². The van der Waals surface area contributed by atoms with Crippen molar-refractivity contribution in [3.8, 4) is 11.8 Å². The van der Waals surface area contributed by atoms with Gasteiger partial charge in [-0.15, -0.1) is 0 Å². The van der Waals surface area contributed by atoms with Crippen molar-refractivity contribution < 1.29 is 19.4 Å². The van der Waals surface area contributed by atoms with Crippen LogP contribution in [0.25, 0.3) is 0 Å². The number of aromatic carboxylic acids is 1. The van der Waals surface area contributed by atoms with Gasteiger partial charge in [0.1, 0.15) is 5.69 Å². The molecule has 82 valence electrons. The van der Waals surface area contributed by atoms with Crippen molar-refractivity contribution >= 4 is 11.9 Å². The monoisotopic (exact) mass is 219 g/mol. The molecule has 0 saturated carbocycles. The zero-order valence-corrected chi connectivity index (χ0v) is 8.56. The van der Waals surface area contributed by atoms with Gasteiger partial charge in [0.25, 0.3) is 0 Å². The molecule has 1 rings (SSSR count). The van der Waals surface area contributed by atoms with Crippen LogP contribution < -0.4 is 0 Å². The normalized spacial score (nSPS) is 8.81. The maximum atomic E-state index is 10.9. The van der Waals surface area contributed by atoms with Crippen molar-refractivity contribution in [2.75, 3.05) is 6.61 Å². The molecular formula is C11H9NO4. The lowest BCUT2D eigenvalue weighted by molar-refractivity contribution is -0.136. The maximum Gasteiger partial charge on any atom is 0.384 e. The number of nitrogens with zero attached hydrogens (tertiary/aromatic N) is 1. The number of pyridine rings is 1. The molecule has 1 heterocycles. The standard InChI is InChI=1S/C11H9NO4/c1-2-16-10(13)4-3-9-7-8(11(14)15)5-6-12-9/h5-7H,2H2,1H3,(H,14,15). The van der Waals surface area contributed by atoms with Gasteiger partial charge in [-0.05, 0) is 25.0 Å². The molecule has 0 unspecified atom stereocenters. The summed E-state index contributed by atoms with van der Waals surface area (Å²) in [6, 6.07) is 2.63. The Hall–Kier alpha value is -2.35. The Bertz CT molecular complexity index is 470. The summed E-state index contributed by atoms with van der Waals surface area (Å²) in [6.07, 6.45) is 1.32. The van der Waals surface area contributed by atoms with E-state index in [-0.39, 0.29) is 17.9 Å². The third kappa shape index (κ3) is 3.42. The summed E-state index contributed by atoms with van der Waals surface area (Å²) in [5, 5.41) is 8.70. The number of carbonyl (C=O) groups excluding carboxylic acids is 1. The van der Waals surface area contributed by atoms with E-state index in [2.05, 4.69) is 21.6 Å². The SMILES string of the molecule is CCOC(=O)C#Cc1cc(C(=O)O)ccn1. The van der Waals surface area contributed by atoms with Crippen LogP contribution in [0.1, 0.15) is 23.0 Å². The maximum absolute atomic E-state index is 10.9. The highest BCUT2D eigenvalue weighted by Crippen LogP contribution is 2.00. The molecule has 0 fully saturated rings. The smallest absolute Gasteiger partial charge is 0.384 e. The molecule has 0 radical (unpaired) electrons. The Morgan fingerprint density at radius 1 is 1.56 bits per heavy atom. The van der Waals surface area contributed by atoms with Crippen molar-refractivity contribution in [2.45, 2.75) is 6.92 Å². The topological polar surface area (TPSA) is 76.5 Å². The molecule has 0 atom stereocenters. The van der Waals surface area contributed by atoms with E-state index < -0.39 is 11.9 Å². The number of carbonyl (C=O) groups is 2. The Balaban J connectivity index is 2.85. The van der Waals surface area contributed by atoms with Crippen molar-refractivity contribution in [3.05, 3.63) is 29.6 Å². The molecule has 0 amide bonds. The molecule has 0 aliphatic rings. The van der Waals surface area contributed by atoms with Gasteiger partial charge in [-0.3, -0.25) is 0 Å². The minimum atomic E-state index is -1.07. The fraction of sp³-hybridized carbons (Fsp3) is 0.182. The Kier molecular flexibility index (Phi) is 4.04. The Morgan fingerprint density at radius 3 is 2.94 bits per heavy atom. The predicted molar refractivity (Wildman–Crippen MR) is 54.7 cm³/mol. The van der Waals surface area contributed by atoms with E-state index in [9.17, 15) is 9.59 Å². The first-order valence-corrected chi connectivity index (χ1v) is 4.51. The number of aromatic nitrogens is 1. The van der Waals surface area contributed by atoms with E-state index >= 15 is 0 Å². The number of esters is 1. The zero-order valence-electron chi connectivity index (χ0n) is 8.56. The quantitative estimate of drug-likeness (QED) is 0.585. The van der Waals surface area contributed by atoms with E-state index in [1.807, 2.05) is 0 Å². The summed E-state index contributed by atoms with van der Waals surface area (Å²) in [6.45, 7) is 1.92. The highest BCUT2D eigenvalue weighted by molar-refractivity contribution is 5.90. The molecule has 5 heteroatoms. The molecule has 0 bridgehead atoms. The molecule has 0 spiro atoms. The number of ether oxygens (including phenoxy) is 1. The number of rotatable bonds is 2. The lowest BCUT2D eigenvalue weighted by atomic mass is 10.2. The first kappa shape index (κ1) is 11.7. The zero-order chi connectivity index (χ0) is 12.0. The van der Waals surface area contributed by atoms with Crippen molar-refractivity contribution in [1.82, 2.24) is 4.98 Å². The van der Waals surface area contributed by atoms with Crippen LogP contribution in [0.2, 0.25) is 0 Å². The fourth-order valence-electron chi connectivity index (χ4n) is 0.914. The van der Waals surface area contributed by atoms with Crippen LogP contribution in [0.4, 0.5) is 0 Å². The molecule has 1 aromatic rings. The first-order chi connectivity index (χ1) is 7.63. The van der Waals surface area contributed by atoms with Crippen molar-refractivity contribution in [1.29, 1.82) is 0 Å². The largest absolute Gasteiger partial charge is 0.478 e. The predicted octanol–water partition coefficient (Wildman–Crippen LogP) is 0.694. The molecule has 1 N–H and O–H groups in total.